The van der Waals surface area contributed by atoms with Crippen molar-refractivity contribution >= 4 is 5.91 Å². The van der Waals surface area contributed by atoms with Gasteiger partial charge in [-0.15, -0.1) is 0 Å². The topological polar surface area (TPSA) is 41.6 Å². The Morgan fingerprint density at radius 2 is 2.24 bits per heavy atom. The Morgan fingerprint density at radius 1 is 1.33 bits per heavy atom. The van der Waals surface area contributed by atoms with Crippen molar-refractivity contribution in [2.24, 2.45) is 0 Å². The molecule has 0 bridgehead atoms. The standard InChI is InChI=1S/C17H20N2O2/c1-21-16-6-2-4-11-12(16)7-9-19-15(11)10-14-13(17(19)20)5-3-8-18-14/h2,4,6,15,18H,3,5,7-10H2,1H3. The van der Waals surface area contributed by atoms with Gasteiger partial charge in [0, 0.05) is 36.3 Å². The summed E-state index contributed by atoms with van der Waals surface area (Å²) in [6, 6.07) is 6.36. The Balaban J connectivity index is 1.78. The Labute approximate surface area is 124 Å². The minimum atomic E-state index is 0.167. The molecule has 0 fully saturated rings. The summed E-state index contributed by atoms with van der Waals surface area (Å²) in [7, 11) is 1.72. The Hall–Kier alpha value is -1.97. The fourth-order valence-corrected chi connectivity index (χ4v) is 3.93. The van der Waals surface area contributed by atoms with Gasteiger partial charge in [-0.2, -0.15) is 0 Å². The molecule has 1 aromatic carbocycles. The number of rotatable bonds is 1. The average Bonchev–Trinajstić information content (AvgIpc) is 2.54. The smallest absolute Gasteiger partial charge is 0.252 e. The second-order valence-corrected chi connectivity index (χ2v) is 5.98. The number of hydrogen-bond acceptors (Lipinski definition) is 3. The number of ether oxygens (including phenoxy) is 1. The molecule has 0 radical (unpaired) electrons. The van der Waals surface area contributed by atoms with Crippen LogP contribution in [-0.2, 0) is 11.2 Å². The van der Waals surface area contributed by atoms with Gasteiger partial charge in [-0.05, 0) is 30.9 Å². The van der Waals surface area contributed by atoms with Crippen molar-refractivity contribution in [1.82, 2.24) is 10.2 Å². The maximum Gasteiger partial charge on any atom is 0.252 e. The van der Waals surface area contributed by atoms with E-state index in [0.717, 1.165) is 50.1 Å². The van der Waals surface area contributed by atoms with Crippen LogP contribution in [0.4, 0.5) is 0 Å². The van der Waals surface area contributed by atoms with E-state index in [4.69, 9.17) is 4.74 Å². The zero-order valence-corrected chi connectivity index (χ0v) is 12.3. The summed E-state index contributed by atoms with van der Waals surface area (Å²) >= 11 is 0. The summed E-state index contributed by atoms with van der Waals surface area (Å²) in [5.41, 5.74) is 4.72. The predicted molar refractivity (Wildman–Crippen MR) is 80.0 cm³/mol. The molecule has 1 amide bonds. The van der Waals surface area contributed by atoms with Crippen molar-refractivity contribution < 1.29 is 9.53 Å². The van der Waals surface area contributed by atoms with Crippen LogP contribution in [0.5, 0.6) is 5.75 Å². The number of carbonyl (C=O) groups is 1. The molecular formula is C17H20N2O2. The first-order valence-corrected chi connectivity index (χ1v) is 7.72. The average molecular weight is 284 g/mol. The van der Waals surface area contributed by atoms with Gasteiger partial charge in [0.25, 0.3) is 5.91 Å². The van der Waals surface area contributed by atoms with Gasteiger partial charge in [0.2, 0.25) is 0 Å². The van der Waals surface area contributed by atoms with Crippen LogP contribution in [0.25, 0.3) is 0 Å². The largest absolute Gasteiger partial charge is 0.496 e. The Kier molecular flexibility index (Phi) is 2.91. The highest BCUT2D eigenvalue weighted by Crippen LogP contribution is 2.42. The molecule has 0 saturated carbocycles. The monoisotopic (exact) mass is 284 g/mol. The lowest BCUT2D eigenvalue weighted by Crippen LogP contribution is -2.46. The third-order valence-electron chi connectivity index (χ3n) is 4.95. The highest BCUT2D eigenvalue weighted by atomic mass is 16.5. The lowest BCUT2D eigenvalue weighted by Gasteiger charge is -2.43. The highest BCUT2D eigenvalue weighted by molar-refractivity contribution is 5.96. The fraction of sp³-hybridized carbons (Fsp3) is 0.471. The van der Waals surface area contributed by atoms with Crippen LogP contribution in [0.2, 0.25) is 0 Å². The molecule has 4 rings (SSSR count). The summed E-state index contributed by atoms with van der Waals surface area (Å²) in [6.45, 7) is 1.79. The minimum Gasteiger partial charge on any atom is -0.496 e. The lowest BCUT2D eigenvalue weighted by atomic mass is 9.83. The first-order valence-electron chi connectivity index (χ1n) is 7.72. The van der Waals surface area contributed by atoms with Gasteiger partial charge < -0.3 is 15.0 Å². The van der Waals surface area contributed by atoms with Crippen molar-refractivity contribution in [3.8, 4) is 5.75 Å². The molecule has 1 aromatic rings. The zero-order valence-electron chi connectivity index (χ0n) is 12.3. The van der Waals surface area contributed by atoms with Crippen molar-refractivity contribution in [3.63, 3.8) is 0 Å². The van der Waals surface area contributed by atoms with Gasteiger partial charge in [0.05, 0.1) is 13.2 Å². The van der Waals surface area contributed by atoms with Crippen molar-refractivity contribution in [1.29, 1.82) is 0 Å². The SMILES string of the molecule is COc1cccc2c1CCN1C(=O)C3=C(CC21)NCCC3. The molecule has 0 spiro atoms. The first kappa shape index (κ1) is 12.7. The van der Waals surface area contributed by atoms with E-state index in [1.54, 1.807) is 7.11 Å². The number of nitrogens with zero attached hydrogens (tertiary/aromatic N) is 1. The number of amides is 1. The number of benzene rings is 1. The predicted octanol–water partition coefficient (Wildman–Crippen LogP) is 2.16. The van der Waals surface area contributed by atoms with Crippen LogP contribution in [-0.4, -0.2) is 31.0 Å². The zero-order chi connectivity index (χ0) is 14.4. The second-order valence-electron chi connectivity index (χ2n) is 5.98. The Morgan fingerprint density at radius 3 is 3.10 bits per heavy atom. The molecule has 110 valence electrons. The molecule has 4 nitrogen and oxygen atoms in total. The van der Waals surface area contributed by atoms with E-state index in [1.807, 2.05) is 12.1 Å². The Bertz CT molecular complexity index is 636. The molecule has 0 saturated heterocycles. The minimum absolute atomic E-state index is 0.167. The summed E-state index contributed by atoms with van der Waals surface area (Å²) in [4.78, 5) is 14.8. The number of nitrogens with one attached hydrogen (secondary N) is 1. The summed E-state index contributed by atoms with van der Waals surface area (Å²) in [6.07, 6.45) is 3.79. The molecule has 1 unspecified atom stereocenters. The third-order valence-corrected chi connectivity index (χ3v) is 4.95. The number of methoxy groups -OCH3 is 1. The molecule has 1 N–H and O–H groups in total. The molecule has 1 atom stereocenters. The van der Waals surface area contributed by atoms with Gasteiger partial charge in [0.15, 0.2) is 0 Å². The van der Waals surface area contributed by atoms with Gasteiger partial charge in [-0.3, -0.25) is 4.79 Å². The van der Waals surface area contributed by atoms with E-state index in [9.17, 15) is 4.79 Å². The third kappa shape index (κ3) is 1.85. The molecule has 21 heavy (non-hydrogen) atoms. The molecular weight excluding hydrogens is 264 g/mol. The van der Waals surface area contributed by atoms with Crippen molar-refractivity contribution in [3.05, 3.63) is 40.6 Å². The summed E-state index contributed by atoms with van der Waals surface area (Å²) in [5, 5.41) is 3.44. The van der Waals surface area contributed by atoms with Gasteiger partial charge in [-0.25, -0.2) is 0 Å². The van der Waals surface area contributed by atoms with Crippen LogP contribution in [0, 0.1) is 0 Å². The number of carbonyl (C=O) groups excluding carboxylic acids is 1. The van der Waals surface area contributed by atoms with Gasteiger partial charge in [-0.1, -0.05) is 12.1 Å². The van der Waals surface area contributed by atoms with E-state index >= 15 is 0 Å². The highest BCUT2D eigenvalue weighted by Gasteiger charge is 2.39. The number of hydrogen-bond donors (Lipinski definition) is 1. The fourth-order valence-electron chi connectivity index (χ4n) is 3.93. The van der Waals surface area contributed by atoms with E-state index < -0.39 is 0 Å². The molecule has 3 aliphatic rings. The normalized spacial score (nSPS) is 24.0. The summed E-state index contributed by atoms with van der Waals surface area (Å²) in [5.74, 6) is 1.19. The van der Waals surface area contributed by atoms with Gasteiger partial charge >= 0.3 is 0 Å². The van der Waals surface area contributed by atoms with Gasteiger partial charge in [0.1, 0.15) is 5.75 Å². The van der Waals surface area contributed by atoms with Crippen LogP contribution in [0.3, 0.4) is 0 Å². The van der Waals surface area contributed by atoms with Crippen molar-refractivity contribution in [2.45, 2.75) is 31.7 Å². The van der Waals surface area contributed by atoms with Crippen molar-refractivity contribution in [2.75, 3.05) is 20.2 Å². The molecule has 3 heterocycles. The summed E-state index contributed by atoms with van der Waals surface area (Å²) < 4.78 is 5.49. The van der Waals surface area contributed by atoms with Crippen LogP contribution < -0.4 is 10.1 Å². The number of fused-ring (bicyclic) bond motifs is 3. The second kappa shape index (κ2) is 4.79. The lowest BCUT2D eigenvalue weighted by molar-refractivity contribution is -0.131. The van der Waals surface area contributed by atoms with E-state index in [1.165, 1.54) is 16.8 Å². The van der Waals surface area contributed by atoms with E-state index in [-0.39, 0.29) is 11.9 Å². The van der Waals surface area contributed by atoms with Crippen LogP contribution in [0.15, 0.2) is 29.5 Å². The van der Waals surface area contributed by atoms with Crippen LogP contribution >= 0.6 is 0 Å². The van der Waals surface area contributed by atoms with Crippen LogP contribution in [0.1, 0.15) is 36.4 Å². The molecule has 4 heteroatoms. The molecule has 0 aliphatic carbocycles. The quantitative estimate of drug-likeness (QED) is 0.859. The van der Waals surface area contributed by atoms with E-state index in [2.05, 4.69) is 16.3 Å². The molecule has 3 aliphatic heterocycles. The van der Waals surface area contributed by atoms with E-state index in [0.29, 0.717) is 0 Å². The first-order chi connectivity index (χ1) is 10.3. The maximum absolute atomic E-state index is 12.8. The maximum atomic E-state index is 12.8. The molecule has 0 aromatic heterocycles.